The number of carbonyl (C=O) groups excluding carboxylic acids is 1. The summed E-state index contributed by atoms with van der Waals surface area (Å²) in [6.45, 7) is 3.53. The van der Waals surface area contributed by atoms with E-state index < -0.39 is 5.97 Å². The summed E-state index contributed by atoms with van der Waals surface area (Å²) in [7, 11) is 0. The van der Waals surface area contributed by atoms with Crippen LogP contribution in [0, 0.1) is 0 Å². The Balaban J connectivity index is 1.67. The van der Waals surface area contributed by atoms with Crippen LogP contribution in [0.3, 0.4) is 0 Å². The summed E-state index contributed by atoms with van der Waals surface area (Å²) in [6.07, 6.45) is 4.67. The number of carboxylic acid groups (broad SMARTS) is 1. The molecule has 0 spiro atoms. The minimum absolute atomic E-state index is 0.00403. The van der Waals surface area contributed by atoms with Crippen molar-refractivity contribution in [2.75, 3.05) is 13.2 Å². The predicted octanol–water partition coefficient (Wildman–Crippen LogP) is 0.448. The minimum atomic E-state index is -1.06. The SMILES string of the molecule is CC1CC(NC(=O)NCCn2cnc(C(=O)O)c2)CCO1. The monoisotopic (exact) mass is 296 g/mol. The van der Waals surface area contributed by atoms with Gasteiger partial charge in [-0.1, -0.05) is 0 Å². The van der Waals surface area contributed by atoms with Crippen LogP contribution in [-0.4, -0.2) is 52.0 Å². The average Bonchev–Trinajstić information content (AvgIpc) is 2.87. The first-order valence-corrected chi connectivity index (χ1v) is 6.95. The lowest BCUT2D eigenvalue weighted by molar-refractivity contribution is 0.0154. The number of aromatic nitrogens is 2. The Labute approximate surface area is 122 Å². The Morgan fingerprint density at radius 2 is 2.38 bits per heavy atom. The minimum Gasteiger partial charge on any atom is -0.476 e. The van der Waals surface area contributed by atoms with Crippen LogP contribution in [0.1, 0.15) is 30.3 Å². The summed E-state index contributed by atoms with van der Waals surface area (Å²) in [5.41, 5.74) is -0.00403. The van der Waals surface area contributed by atoms with E-state index in [9.17, 15) is 9.59 Å². The standard InChI is InChI=1S/C13H20N4O4/c1-9-6-10(2-5-21-9)16-13(20)14-3-4-17-7-11(12(18)19)15-8-17/h7-10H,2-6H2,1H3,(H,18,19)(H2,14,16,20). The van der Waals surface area contributed by atoms with Gasteiger partial charge >= 0.3 is 12.0 Å². The Hall–Kier alpha value is -2.09. The molecule has 2 heterocycles. The average molecular weight is 296 g/mol. The van der Waals surface area contributed by atoms with Crippen LogP contribution in [0.5, 0.6) is 0 Å². The van der Waals surface area contributed by atoms with E-state index in [-0.39, 0.29) is 23.9 Å². The number of amides is 2. The summed E-state index contributed by atoms with van der Waals surface area (Å²) in [5.74, 6) is -1.06. The Kier molecular flexibility index (Phi) is 5.15. The third-order valence-electron chi connectivity index (χ3n) is 3.33. The first-order valence-electron chi connectivity index (χ1n) is 6.95. The van der Waals surface area contributed by atoms with Gasteiger partial charge in [0.2, 0.25) is 0 Å². The molecule has 8 heteroatoms. The first-order chi connectivity index (χ1) is 10.0. The molecule has 116 valence electrons. The number of carboxylic acids is 1. The van der Waals surface area contributed by atoms with Gasteiger partial charge in [0.05, 0.1) is 12.4 Å². The van der Waals surface area contributed by atoms with Crippen molar-refractivity contribution in [2.24, 2.45) is 0 Å². The predicted molar refractivity (Wildman–Crippen MR) is 74.2 cm³/mol. The van der Waals surface area contributed by atoms with Gasteiger partial charge in [-0.25, -0.2) is 14.6 Å². The molecule has 0 saturated carbocycles. The Bertz CT molecular complexity index is 502. The van der Waals surface area contributed by atoms with E-state index in [4.69, 9.17) is 9.84 Å². The Morgan fingerprint density at radius 1 is 1.57 bits per heavy atom. The summed E-state index contributed by atoms with van der Waals surface area (Å²) in [6, 6.07) is -0.0757. The topological polar surface area (TPSA) is 105 Å². The van der Waals surface area contributed by atoms with E-state index in [2.05, 4.69) is 15.6 Å². The van der Waals surface area contributed by atoms with E-state index in [1.54, 1.807) is 4.57 Å². The van der Waals surface area contributed by atoms with Crippen LogP contribution in [0.25, 0.3) is 0 Å². The smallest absolute Gasteiger partial charge is 0.356 e. The van der Waals surface area contributed by atoms with Gasteiger partial charge in [0.15, 0.2) is 5.69 Å². The van der Waals surface area contributed by atoms with Gasteiger partial charge in [0.25, 0.3) is 0 Å². The molecule has 1 aliphatic heterocycles. The van der Waals surface area contributed by atoms with Crippen molar-refractivity contribution in [2.45, 2.75) is 38.5 Å². The van der Waals surface area contributed by atoms with Gasteiger partial charge in [-0.2, -0.15) is 0 Å². The second-order valence-corrected chi connectivity index (χ2v) is 5.10. The summed E-state index contributed by atoms with van der Waals surface area (Å²) >= 11 is 0. The molecule has 0 radical (unpaired) electrons. The number of hydrogen-bond donors (Lipinski definition) is 3. The highest BCUT2D eigenvalue weighted by Crippen LogP contribution is 2.12. The van der Waals surface area contributed by atoms with E-state index in [0.29, 0.717) is 19.7 Å². The molecule has 1 saturated heterocycles. The van der Waals surface area contributed by atoms with Crippen molar-refractivity contribution in [1.29, 1.82) is 0 Å². The zero-order valence-electron chi connectivity index (χ0n) is 11.9. The zero-order chi connectivity index (χ0) is 15.2. The van der Waals surface area contributed by atoms with Gasteiger partial charge in [0, 0.05) is 31.9 Å². The molecule has 0 aliphatic carbocycles. The maximum Gasteiger partial charge on any atom is 0.356 e. The number of aromatic carboxylic acids is 1. The molecule has 3 N–H and O–H groups in total. The van der Waals surface area contributed by atoms with Crippen molar-refractivity contribution >= 4 is 12.0 Å². The Morgan fingerprint density at radius 3 is 3.05 bits per heavy atom. The molecular weight excluding hydrogens is 276 g/mol. The van der Waals surface area contributed by atoms with Crippen molar-refractivity contribution in [3.05, 3.63) is 18.2 Å². The summed E-state index contributed by atoms with van der Waals surface area (Å²) < 4.78 is 7.05. The van der Waals surface area contributed by atoms with Gasteiger partial charge in [0.1, 0.15) is 0 Å². The van der Waals surface area contributed by atoms with Crippen molar-refractivity contribution in [3.8, 4) is 0 Å². The zero-order valence-corrected chi connectivity index (χ0v) is 11.9. The number of rotatable bonds is 5. The largest absolute Gasteiger partial charge is 0.476 e. The number of ether oxygens (including phenoxy) is 1. The van der Waals surface area contributed by atoms with Gasteiger partial charge in [-0.15, -0.1) is 0 Å². The number of nitrogens with zero attached hydrogens (tertiary/aromatic N) is 2. The number of nitrogens with one attached hydrogen (secondary N) is 2. The lowest BCUT2D eigenvalue weighted by Crippen LogP contribution is -2.46. The highest BCUT2D eigenvalue weighted by atomic mass is 16.5. The van der Waals surface area contributed by atoms with Crippen LogP contribution in [0.4, 0.5) is 4.79 Å². The molecule has 1 aromatic heterocycles. The molecule has 1 aliphatic rings. The molecule has 2 amide bonds. The van der Waals surface area contributed by atoms with Crippen molar-refractivity contribution in [3.63, 3.8) is 0 Å². The molecule has 1 fully saturated rings. The van der Waals surface area contributed by atoms with Crippen LogP contribution in [0.15, 0.2) is 12.5 Å². The number of carbonyl (C=O) groups is 2. The lowest BCUT2D eigenvalue weighted by Gasteiger charge is -2.27. The van der Waals surface area contributed by atoms with Gasteiger partial charge in [-0.3, -0.25) is 0 Å². The molecule has 2 atom stereocenters. The quantitative estimate of drug-likeness (QED) is 0.731. The van der Waals surface area contributed by atoms with Crippen molar-refractivity contribution in [1.82, 2.24) is 20.2 Å². The molecular formula is C13H20N4O4. The van der Waals surface area contributed by atoms with E-state index >= 15 is 0 Å². The molecule has 1 aromatic rings. The summed E-state index contributed by atoms with van der Waals surface area (Å²) in [5, 5.41) is 14.4. The lowest BCUT2D eigenvalue weighted by atomic mass is 10.0. The number of imidazole rings is 1. The third kappa shape index (κ3) is 4.75. The molecule has 0 aromatic carbocycles. The van der Waals surface area contributed by atoms with Crippen LogP contribution in [-0.2, 0) is 11.3 Å². The molecule has 0 bridgehead atoms. The van der Waals surface area contributed by atoms with Crippen LogP contribution in [0.2, 0.25) is 0 Å². The van der Waals surface area contributed by atoms with Gasteiger partial charge in [-0.05, 0) is 19.8 Å². The third-order valence-corrected chi connectivity index (χ3v) is 3.33. The molecule has 2 unspecified atom stereocenters. The van der Waals surface area contributed by atoms with Crippen molar-refractivity contribution < 1.29 is 19.4 Å². The van der Waals surface area contributed by atoms with E-state index in [1.165, 1.54) is 12.5 Å². The molecule has 2 rings (SSSR count). The second kappa shape index (κ2) is 7.07. The second-order valence-electron chi connectivity index (χ2n) is 5.10. The molecule has 8 nitrogen and oxygen atoms in total. The molecule has 21 heavy (non-hydrogen) atoms. The highest BCUT2D eigenvalue weighted by molar-refractivity contribution is 5.84. The van der Waals surface area contributed by atoms with E-state index in [1.807, 2.05) is 6.92 Å². The van der Waals surface area contributed by atoms with E-state index in [0.717, 1.165) is 12.8 Å². The fraction of sp³-hybridized carbons (Fsp3) is 0.615. The number of hydrogen-bond acceptors (Lipinski definition) is 4. The van der Waals surface area contributed by atoms with Gasteiger partial charge < -0.3 is 25.0 Å². The summed E-state index contributed by atoms with van der Waals surface area (Å²) in [4.78, 5) is 26.2. The maximum absolute atomic E-state index is 11.7. The van der Waals surface area contributed by atoms with Crippen LogP contribution >= 0.6 is 0 Å². The fourth-order valence-electron chi connectivity index (χ4n) is 2.26. The van der Waals surface area contributed by atoms with Crippen LogP contribution < -0.4 is 10.6 Å². The number of urea groups is 1. The highest BCUT2D eigenvalue weighted by Gasteiger charge is 2.20. The fourth-order valence-corrected chi connectivity index (χ4v) is 2.26. The normalized spacial score (nSPS) is 21.8. The first kappa shape index (κ1) is 15.3. The maximum atomic E-state index is 11.7.